The maximum atomic E-state index is 6.23. The zero-order valence-corrected chi connectivity index (χ0v) is 13.9. The van der Waals surface area contributed by atoms with Gasteiger partial charge in [-0.2, -0.15) is 0 Å². The number of rotatable bonds is 7. The number of benzene rings is 1. The molecule has 1 aromatic rings. The summed E-state index contributed by atoms with van der Waals surface area (Å²) in [4.78, 5) is 0. The van der Waals surface area contributed by atoms with Crippen LogP contribution < -0.4 is 5.32 Å². The number of hydrogen-bond donors (Lipinski definition) is 1. The van der Waals surface area contributed by atoms with Gasteiger partial charge in [0.2, 0.25) is 0 Å². The van der Waals surface area contributed by atoms with Crippen LogP contribution in [0.5, 0.6) is 0 Å². The predicted octanol–water partition coefficient (Wildman–Crippen LogP) is 4.32. The van der Waals surface area contributed by atoms with E-state index >= 15 is 0 Å². The second kappa shape index (κ2) is 8.55. The molecule has 1 N–H and O–H groups in total. The van der Waals surface area contributed by atoms with E-state index in [1.54, 1.807) is 0 Å². The molecule has 0 saturated heterocycles. The molecule has 0 aromatic heterocycles. The van der Waals surface area contributed by atoms with Crippen LogP contribution in [-0.4, -0.2) is 18.7 Å². The minimum atomic E-state index is 0.459. The highest BCUT2D eigenvalue weighted by molar-refractivity contribution is 5.26. The summed E-state index contributed by atoms with van der Waals surface area (Å²) < 4.78 is 6.23. The van der Waals surface area contributed by atoms with Crippen LogP contribution in [0.25, 0.3) is 0 Å². The highest BCUT2D eigenvalue weighted by atomic mass is 16.5. The highest BCUT2D eigenvalue weighted by Gasteiger charge is 2.21. The number of hydrogen-bond acceptors (Lipinski definition) is 2. The molecule has 2 nitrogen and oxygen atoms in total. The SMILES string of the molecule is CC(C)NCCc1ccccc1COC1CCCCC1C. The lowest BCUT2D eigenvalue weighted by Gasteiger charge is -2.29. The third kappa shape index (κ3) is 5.44. The third-order valence-electron chi connectivity index (χ3n) is 4.55. The molecule has 118 valence electrons. The van der Waals surface area contributed by atoms with Crippen molar-refractivity contribution in [2.45, 2.75) is 71.6 Å². The van der Waals surface area contributed by atoms with Crippen molar-refractivity contribution < 1.29 is 4.74 Å². The fraction of sp³-hybridized carbons (Fsp3) is 0.684. The van der Waals surface area contributed by atoms with E-state index in [0.717, 1.165) is 19.6 Å². The quantitative estimate of drug-likeness (QED) is 0.807. The van der Waals surface area contributed by atoms with E-state index in [0.29, 0.717) is 18.1 Å². The Morgan fingerprint density at radius 1 is 1.14 bits per heavy atom. The van der Waals surface area contributed by atoms with Crippen LogP contribution >= 0.6 is 0 Å². The molecule has 0 spiro atoms. The fourth-order valence-corrected chi connectivity index (χ4v) is 3.16. The van der Waals surface area contributed by atoms with Crippen LogP contribution in [0.1, 0.15) is 57.6 Å². The molecule has 1 aliphatic carbocycles. The van der Waals surface area contributed by atoms with E-state index in [2.05, 4.69) is 50.4 Å². The lowest BCUT2D eigenvalue weighted by molar-refractivity contribution is -0.0157. The predicted molar refractivity (Wildman–Crippen MR) is 89.5 cm³/mol. The summed E-state index contributed by atoms with van der Waals surface area (Å²) in [5.74, 6) is 0.716. The Balaban J connectivity index is 1.87. The van der Waals surface area contributed by atoms with Crippen LogP contribution in [0.4, 0.5) is 0 Å². The summed E-state index contributed by atoms with van der Waals surface area (Å²) in [5.41, 5.74) is 2.79. The summed E-state index contributed by atoms with van der Waals surface area (Å²) in [6.07, 6.45) is 6.80. The largest absolute Gasteiger partial charge is 0.373 e. The van der Waals surface area contributed by atoms with E-state index in [9.17, 15) is 0 Å². The van der Waals surface area contributed by atoms with Gasteiger partial charge in [0.15, 0.2) is 0 Å². The summed E-state index contributed by atoms with van der Waals surface area (Å²) in [5, 5.41) is 3.49. The summed E-state index contributed by atoms with van der Waals surface area (Å²) in [6, 6.07) is 9.28. The molecule has 2 heteroatoms. The molecule has 1 saturated carbocycles. The fourth-order valence-electron chi connectivity index (χ4n) is 3.16. The smallest absolute Gasteiger partial charge is 0.0723 e. The van der Waals surface area contributed by atoms with Crippen molar-refractivity contribution in [3.63, 3.8) is 0 Å². The van der Waals surface area contributed by atoms with Crippen molar-refractivity contribution in [2.75, 3.05) is 6.54 Å². The minimum Gasteiger partial charge on any atom is -0.373 e. The van der Waals surface area contributed by atoms with Gasteiger partial charge in [0.25, 0.3) is 0 Å². The summed E-state index contributed by atoms with van der Waals surface area (Å²) in [6.45, 7) is 8.53. The van der Waals surface area contributed by atoms with Crippen molar-refractivity contribution in [3.05, 3.63) is 35.4 Å². The lowest BCUT2D eigenvalue weighted by Crippen LogP contribution is -2.26. The first-order valence-corrected chi connectivity index (χ1v) is 8.58. The first-order valence-electron chi connectivity index (χ1n) is 8.58. The maximum Gasteiger partial charge on any atom is 0.0723 e. The normalized spacial score (nSPS) is 22.7. The highest BCUT2D eigenvalue weighted by Crippen LogP contribution is 2.27. The van der Waals surface area contributed by atoms with Crippen molar-refractivity contribution in [3.8, 4) is 0 Å². The molecule has 21 heavy (non-hydrogen) atoms. The van der Waals surface area contributed by atoms with Gasteiger partial charge in [-0.3, -0.25) is 0 Å². The Labute approximate surface area is 130 Å². The zero-order chi connectivity index (χ0) is 15.1. The van der Waals surface area contributed by atoms with Crippen molar-refractivity contribution in [2.24, 2.45) is 5.92 Å². The number of ether oxygens (including phenoxy) is 1. The molecule has 2 atom stereocenters. The Kier molecular flexibility index (Phi) is 6.72. The van der Waals surface area contributed by atoms with Crippen LogP contribution in [0.15, 0.2) is 24.3 Å². The third-order valence-corrected chi connectivity index (χ3v) is 4.55. The van der Waals surface area contributed by atoms with Gasteiger partial charge >= 0.3 is 0 Å². The van der Waals surface area contributed by atoms with Gasteiger partial charge in [0, 0.05) is 6.04 Å². The van der Waals surface area contributed by atoms with Gasteiger partial charge < -0.3 is 10.1 Å². The molecule has 0 radical (unpaired) electrons. The Morgan fingerprint density at radius 3 is 2.57 bits per heavy atom. The Hall–Kier alpha value is -0.860. The Morgan fingerprint density at radius 2 is 1.86 bits per heavy atom. The maximum absolute atomic E-state index is 6.23. The van der Waals surface area contributed by atoms with Crippen LogP contribution in [-0.2, 0) is 17.8 Å². The molecular weight excluding hydrogens is 258 g/mol. The second-order valence-electron chi connectivity index (χ2n) is 6.74. The average molecular weight is 289 g/mol. The summed E-state index contributed by atoms with van der Waals surface area (Å²) >= 11 is 0. The molecule has 1 aromatic carbocycles. The first-order chi connectivity index (χ1) is 10.2. The van der Waals surface area contributed by atoms with Crippen molar-refractivity contribution >= 4 is 0 Å². The van der Waals surface area contributed by atoms with E-state index in [1.165, 1.54) is 36.8 Å². The molecular formula is C19H31NO. The van der Waals surface area contributed by atoms with Crippen LogP contribution in [0, 0.1) is 5.92 Å². The number of nitrogens with one attached hydrogen (secondary N) is 1. The van der Waals surface area contributed by atoms with E-state index in [1.807, 2.05) is 0 Å². The standard InChI is InChI=1S/C19H31NO/c1-15(2)20-13-12-17-9-5-6-10-18(17)14-21-19-11-7-4-8-16(19)3/h5-6,9-10,15-16,19-20H,4,7-8,11-14H2,1-3H3. The van der Waals surface area contributed by atoms with Gasteiger partial charge in [-0.1, -0.05) is 57.9 Å². The molecule has 1 aliphatic rings. The monoisotopic (exact) mass is 289 g/mol. The first kappa shape index (κ1) is 16.5. The zero-order valence-electron chi connectivity index (χ0n) is 13.9. The van der Waals surface area contributed by atoms with Crippen molar-refractivity contribution in [1.29, 1.82) is 0 Å². The van der Waals surface area contributed by atoms with Gasteiger partial charge in [-0.25, -0.2) is 0 Å². The molecule has 2 rings (SSSR count). The summed E-state index contributed by atoms with van der Waals surface area (Å²) in [7, 11) is 0. The van der Waals surface area contributed by atoms with Crippen molar-refractivity contribution in [1.82, 2.24) is 5.32 Å². The van der Waals surface area contributed by atoms with Crippen LogP contribution in [0.2, 0.25) is 0 Å². The van der Waals surface area contributed by atoms with Gasteiger partial charge in [0.1, 0.15) is 0 Å². The molecule has 0 heterocycles. The average Bonchev–Trinajstić information content (AvgIpc) is 2.47. The molecule has 1 fully saturated rings. The van der Waals surface area contributed by atoms with E-state index in [-0.39, 0.29) is 0 Å². The minimum absolute atomic E-state index is 0.459. The van der Waals surface area contributed by atoms with E-state index < -0.39 is 0 Å². The van der Waals surface area contributed by atoms with Gasteiger partial charge in [-0.15, -0.1) is 0 Å². The van der Waals surface area contributed by atoms with E-state index in [4.69, 9.17) is 4.74 Å². The molecule has 0 bridgehead atoms. The molecule has 2 unspecified atom stereocenters. The van der Waals surface area contributed by atoms with Crippen LogP contribution in [0.3, 0.4) is 0 Å². The lowest BCUT2D eigenvalue weighted by atomic mass is 9.88. The molecule has 0 amide bonds. The topological polar surface area (TPSA) is 21.3 Å². The second-order valence-corrected chi connectivity index (χ2v) is 6.74. The molecule has 0 aliphatic heterocycles. The van der Waals surface area contributed by atoms with Gasteiger partial charge in [-0.05, 0) is 42.9 Å². The van der Waals surface area contributed by atoms with Gasteiger partial charge in [0.05, 0.1) is 12.7 Å². The Bertz CT molecular complexity index is 416.